The largest absolute Gasteiger partial charge is 0.255 e. The van der Waals surface area contributed by atoms with E-state index in [-0.39, 0.29) is 0 Å². The summed E-state index contributed by atoms with van der Waals surface area (Å²) in [7, 11) is 0. The van der Waals surface area contributed by atoms with Gasteiger partial charge >= 0.3 is 0 Å². The Balaban J connectivity index is 1.79. The highest BCUT2D eigenvalue weighted by Gasteiger charge is 2.08. The number of rotatable bonds is 2. The van der Waals surface area contributed by atoms with Gasteiger partial charge in [0.15, 0.2) is 0 Å². The Morgan fingerprint density at radius 2 is 1.40 bits per heavy atom. The van der Waals surface area contributed by atoms with Gasteiger partial charge in [-0.05, 0) is 30.3 Å². The number of fused-ring (bicyclic) bond motifs is 1. The summed E-state index contributed by atoms with van der Waals surface area (Å²) in [6, 6.07) is 28.4. The number of aliphatic imine (C=N–C) groups is 1. The van der Waals surface area contributed by atoms with Crippen LogP contribution in [0.2, 0.25) is 0 Å². The molecule has 0 bridgehead atoms. The van der Waals surface area contributed by atoms with E-state index >= 15 is 0 Å². The van der Waals surface area contributed by atoms with Crippen molar-refractivity contribution < 1.29 is 0 Å². The van der Waals surface area contributed by atoms with Crippen LogP contribution in [-0.2, 0) is 0 Å². The molecule has 0 fully saturated rings. The molecule has 25 heavy (non-hydrogen) atoms. The molecule has 0 amide bonds. The standard InChI is InChI=1S/C23H15NS/c1-3-9-18(10-4-1)15-16-21-20-13-7-8-14-22(20)25-23(21)17-24-19-11-5-2-6-12-19/h1-14,17H. The molecule has 4 aromatic rings. The zero-order valence-electron chi connectivity index (χ0n) is 13.5. The number of hydrogen-bond acceptors (Lipinski definition) is 2. The van der Waals surface area contributed by atoms with E-state index < -0.39 is 0 Å². The molecule has 0 atom stereocenters. The first-order valence-corrected chi connectivity index (χ1v) is 8.89. The van der Waals surface area contributed by atoms with Crippen molar-refractivity contribution >= 4 is 33.3 Å². The molecule has 0 aliphatic heterocycles. The van der Waals surface area contributed by atoms with E-state index in [9.17, 15) is 0 Å². The lowest BCUT2D eigenvalue weighted by molar-refractivity contribution is 1.54. The minimum absolute atomic E-state index is 0.946. The average molecular weight is 337 g/mol. The quantitative estimate of drug-likeness (QED) is 0.312. The second kappa shape index (κ2) is 7.17. The van der Waals surface area contributed by atoms with E-state index in [0.29, 0.717) is 0 Å². The third kappa shape index (κ3) is 3.52. The molecule has 0 N–H and O–H groups in total. The number of benzene rings is 3. The van der Waals surface area contributed by atoms with Crippen LogP contribution in [0, 0.1) is 11.8 Å². The van der Waals surface area contributed by atoms with Gasteiger partial charge in [0.05, 0.1) is 16.1 Å². The minimum atomic E-state index is 0.946. The smallest absolute Gasteiger partial charge is 0.0630 e. The molecular weight excluding hydrogens is 322 g/mol. The number of hydrogen-bond donors (Lipinski definition) is 0. The summed E-state index contributed by atoms with van der Waals surface area (Å²) in [5.41, 5.74) is 3.01. The average Bonchev–Trinajstić information content (AvgIpc) is 3.04. The van der Waals surface area contributed by atoms with Gasteiger partial charge in [0, 0.05) is 21.9 Å². The summed E-state index contributed by atoms with van der Waals surface area (Å²) in [6.07, 6.45) is 1.93. The predicted molar refractivity (Wildman–Crippen MR) is 108 cm³/mol. The molecule has 3 aromatic carbocycles. The van der Waals surface area contributed by atoms with E-state index in [1.807, 2.05) is 66.9 Å². The van der Waals surface area contributed by atoms with Gasteiger partial charge in [-0.3, -0.25) is 4.99 Å². The Hall–Kier alpha value is -3.15. The number of para-hydroxylation sites is 1. The van der Waals surface area contributed by atoms with Gasteiger partial charge in [0.25, 0.3) is 0 Å². The van der Waals surface area contributed by atoms with Crippen molar-refractivity contribution in [3.05, 3.63) is 101 Å². The van der Waals surface area contributed by atoms with Gasteiger partial charge in [-0.1, -0.05) is 66.4 Å². The first kappa shape index (κ1) is 15.4. The lowest BCUT2D eigenvalue weighted by Gasteiger charge is -1.93. The fraction of sp³-hybridized carbons (Fsp3) is 0. The van der Waals surface area contributed by atoms with Crippen molar-refractivity contribution in [2.24, 2.45) is 4.99 Å². The normalized spacial score (nSPS) is 10.7. The second-order valence-electron chi connectivity index (χ2n) is 5.55. The van der Waals surface area contributed by atoms with Crippen LogP contribution in [0.25, 0.3) is 10.1 Å². The second-order valence-corrected chi connectivity index (χ2v) is 6.63. The summed E-state index contributed by atoms with van der Waals surface area (Å²) in [5, 5.41) is 1.19. The van der Waals surface area contributed by atoms with Crippen molar-refractivity contribution in [1.82, 2.24) is 0 Å². The van der Waals surface area contributed by atoms with Crippen LogP contribution in [0.4, 0.5) is 5.69 Å². The summed E-state index contributed by atoms with van der Waals surface area (Å²) >= 11 is 1.73. The maximum absolute atomic E-state index is 4.61. The van der Waals surface area contributed by atoms with Crippen LogP contribution < -0.4 is 0 Å². The van der Waals surface area contributed by atoms with Crippen LogP contribution in [0.3, 0.4) is 0 Å². The van der Waals surface area contributed by atoms with Crippen LogP contribution in [0.15, 0.2) is 89.9 Å². The Kier molecular flexibility index (Phi) is 4.41. The van der Waals surface area contributed by atoms with Crippen LogP contribution in [-0.4, -0.2) is 6.21 Å². The van der Waals surface area contributed by atoms with E-state index in [4.69, 9.17) is 0 Å². The van der Waals surface area contributed by atoms with Crippen molar-refractivity contribution in [3.63, 3.8) is 0 Å². The Labute approximate surface area is 151 Å². The summed E-state index contributed by atoms with van der Waals surface area (Å²) in [5.74, 6) is 6.63. The Morgan fingerprint density at radius 1 is 0.720 bits per heavy atom. The molecule has 0 aliphatic rings. The number of thiophene rings is 1. The fourth-order valence-electron chi connectivity index (χ4n) is 2.59. The first-order valence-electron chi connectivity index (χ1n) is 8.08. The molecule has 0 saturated heterocycles. The SMILES string of the molecule is C(#Cc1c(C=Nc2ccccc2)sc2ccccc12)c1ccccc1. The van der Waals surface area contributed by atoms with E-state index in [1.54, 1.807) is 11.3 Å². The first-order chi connectivity index (χ1) is 12.4. The van der Waals surface area contributed by atoms with Gasteiger partial charge in [0.2, 0.25) is 0 Å². The van der Waals surface area contributed by atoms with Gasteiger partial charge in [-0.25, -0.2) is 0 Å². The fourth-order valence-corrected chi connectivity index (χ4v) is 3.62. The topological polar surface area (TPSA) is 12.4 Å². The van der Waals surface area contributed by atoms with Crippen LogP contribution >= 0.6 is 11.3 Å². The molecule has 0 aliphatic carbocycles. The molecule has 0 saturated carbocycles. The highest BCUT2D eigenvalue weighted by atomic mass is 32.1. The third-order valence-corrected chi connectivity index (χ3v) is 4.92. The van der Waals surface area contributed by atoms with Crippen LogP contribution in [0.5, 0.6) is 0 Å². The minimum Gasteiger partial charge on any atom is -0.255 e. The predicted octanol–water partition coefficient (Wildman–Crippen LogP) is 6.05. The molecule has 2 heteroatoms. The maximum atomic E-state index is 4.61. The van der Waals surface area contributed by atoms with E-state index in [2.05, 4.69) is 41.1 Å². The molecule has 1 heterocycles. The monoisotopic (exact) mass is 337 g/mol. The van der Waals surface area contributed by atoms with Gasteiger partial charge < -0.3 is 0 Å². The van der Waals surface area contributed by atoms with Crippen molar-refractivity contribution in [2.75, 3.05) is 0 Å². The third-order valence-electron chi connectivity index (χ3n) is 3.82. The van der Waals surface area contributed by atoms with E-state index in [0.717, 1.165) is 21.7 Å². The zero-order valence-corrected chi connectivity index (χ0v) is 14.3. The lowest BCUT2D eigenvalue weighted by Crippen LogP contribution is -1.81. The van der Waals surface area contributed by atoms with Gasteiger partial charge in [-0.15, -0.1) is 11.3 Å². The molecule has 118 valence electrons. The summed E-state index contributed by atoms with van der Waals surface area (Å²) in [4.78, 5) is 5.70. The summed E-state index contributed by atoms with van der Waals surface area (Å²) < 4.78 is 1.23. The van der Waals surface area contributed by atoms with Crippen molar-refractivity contribution in [3.8, 4) is 11.8 Å². The number of nitrogens with zero attached hydrogens (tertiary/aromatic N) is 1. The maximum Gasteiger partial charge on any atom is 0.0630 e. The molecule has 1 aromatic heterocycles. The van der Waals surface area contributed by atoms with E-state index in [1.165, 1.54) is 10.1 Å². The Morgan fingerprint density at radius 3 is 2.20 bits per heavy atom. The zero-order chi connectivity index (χ0) is 16.9. The molecular formula is C23H15NS. The molecule has 1 nitrogen and oxygen atoms in total. The molecule has 0 spiro atoms. The highest BCUT2D eigenvalue weighted by molar-refractivity contribution is 7.20. The van der Waals surface area contributed by atoms with Crippen LogP contribution in [0.1, 0.15) is 16.0 Å². The van der Waals surface area contributed by atoms with Gasteiger partial charge in [-0.2, -0.15) is 0 Å². The molecule has 0 unspecified atom stereocenters. The molecule has 0 radical (unpaired) electrons. The summed E-state index contributed by atoms with van der Waals surface area (Å²) in [6.45, 7) is 0. The highest BCUT2D eigenvalue weighted by Crippen LogP contribution is 2.30. The lowest BCUT2D eigenvalue weighted by atomic mass is 10.1. The van der Waals surface area contributed by atoms with Crippen molar-refractivity contribution in [1.29, 1.82) is 0 Å². The van der Waals surface area contributed by atoms with Gasteiger partial charge in [0.1, 0.15) is 0 Å². The van der Waals surface area contributed by atoms with Crippen molar-refractivity contribution in [2.45, 2.75) is 0 Å². The Bertz CT molecular complexity index is 1080. The molecule has 4 rings (SSSR count).